The number of nitrogens with zero attached hydrogens (tertiary/aromatic N) is 6. The molecule has 25 heavy (non-hydrogen) atoms. The molecule has 3 aromatic heterocycles. The molecule has 0 spiro atoms. The fourth-order valence-corrected chi connectivity index (χ4v) is 3.80. The third kappa shape index (κ3) is 2.98. The van der Waals surface area contributed by atoms with Gasteiger partial charge in [-0.15, -0.1) is 11.3 Å². The maximum atomic E-state index is 10.9. The standard InChI is InChI=1S/C16H16N6O2S/c1-10-6-11-14(19-9-20-15(11)25-10)22-4-2-21(3-5-22)13-8-17-12(7-18-13)16(23)24/h6-9H,2-5H2,1H3,(H,23,24). The molecular weight excluding hydrogens is 340 g/mol. The number of aryl methyl sites for hydroxylation is 1. The van der Waals surface area contributed by atoms with E-state index in [1.165, 1.54) is 17.3 Å². The van der Waals surface area contributed by atoms with E-state index in [0.29, 0.717) is 5.82 Å². The summed E-state index contributed by atoms with van der Waals surface area (Å²) < 4.78 is 0. The minimum absolute atomic E-state index is 0.0430. The highest BCUT2D eigenvalue weighted by Gasteiger charge is 2.22. The predicted molar refractivity (Wildman–Crippen MR) is 95.6 cm³/mol. The third-order valence-electron chi connectivity index (χ3n) is 4.19. The van der Waals surface area contributed by atoms with Crippen molar-refractivity contribution in [2.24, 2.45) is 0 Å². The Morgan fingerprint density at radius 1 is 1.08 bits per heavy atom. The van der Waals surface area contributed by atoms with Gasteiger partial charge in [0.2, 0.25) is 0 Å². The lowest BCUT2D eigenvalue weighted by Crippen LogP contribution is -2.47. The monoisotopic (exact) mass is 356 g/mol. The molecule has 0 unspecified atom stereocenters. The number of fused-ring (bicyclic) bond motifs is 1. The van der Waals surface area contributed by atoms with Gasteiger partial charge in [-0.05, 0) is 13.0 Å². The molecule has 8 nitrogen and oxygen atoms in total. The lowest BCUT2D eigenvalue weighted by molar-refractivity contribution is 0.0690. The summed E-state index contributed by atoms with van der Waals surface area (Å²) in [7, 11) is 0. The van der Waals surface area contributed by atoms with Crippen LogP contribution in [0.4, 0.5) is 11.6 Å². The minimum Gasteiger partial charge on any atom is -0.476 e. The van der Waals surface area contributed by atoms with Crippen LogP contribution in [0.15, 0.2) is 24.8 Å². The molecule has 4 rings (SSSR count). The second-order valence-corrected chi connectivity index (χ2v) is 7.05. The van der Waals surface area contributed by atoms with E-state index in [9.17, 15) is 4.79 Å². The van der Waals surface area contributed by atoms with Crippen molar-refractivity contribution < 1.29 is 9.90 Å². The Morgan fingerprint density at radius 2 is 1.84 bits per heavy atom. The van der Waals surface area contributed by atoms with Crippen LogP contribution in [0.3, 0.4) is 0 Å². The first-order valence-electron chi connectivity index (χ1n) is 7.88. The molecule has 1 aliphatic rings. The quantitative estimate of drug-likeness (QED) is 0.759. The van der Waals surface area contributed by atoms with Crippen LogP contribution in [-0.2, 0) is 0 Å². The van der Waals surface area contributed by atoms with Crippen molar-refractivity contribution in [2.75, 3.05) is 36.0 Å². The Morgan fingerprint density at radius 3 is 2.52 bits per heavy atom. The van der Waals surface area contributed by atoms with Crippen LogP contribution in [0.25, 0.3) is 10.2 Å². The number of hydrogen-bond donors (Lipinski definition) is 1. The van der Waals surface area contributed by atoms with Crippen LogP contribution in [-0.4, -0.2) is 57.2 Å². The Hall–Kier alpha value is -2.81. The van der Waals surface area contributed by atoms with Crippen LogP contribution in [0.5, 0.6) is 0 Å². The second kappa shape index (κ2) is 6.25. The molecule has 1 N–H and O–H groups in total. The number of thiophene rings is 1. The van der Waals surface area contributed by atoms with Crippen molar-refractivity contribution in [2.45, 2.75) is 6.92 Å². The van der Waals surface area contributed by atoms with E-state index in [4.69, 9.17) is 5.11 Å². The van der Waals surface area contributed by atoms with Crippen molar-refractivity contribution in [3.8, 4) is 0 Å². The zero-order valence-electron chi connectivity index (χ0n) is 13.6. The average Bonchev–Trinajstić information content (AvgIpc) is 3.02. The summed E-state index contributed by atoms with van der Waals surface area (Å²) >= 11 is 1.68. The zero-order valence-corrected chi connectivity index (χ0v) is 14.4. The molecule has 1 saturated heterocycles. The highest BCUT2D eigenvalue weighted by atomic mass is 32.1. The summed E-state index contributed by atoms with van der Waals surface area (Å²) in [6.45, 7) is 5.24. The fraction of sp³-hybridized carbons (Fsp3) is 0.312. The summed E-state index contributed by atoms with van der Waals surface area (Å²) in [6, 6.07) is 2.14. The number of carboxylic acid groups (broad SMARTS) is 1. The molecule has 4 heterocycles. The first-order valence-corrected chi connectivity index (χ1v) is 8.70. The first kappa shape index (κ1) is 15.7. The molecule has 1 fully saturated rings. The third-order valence-corrected chi connectivity index (χ3v) is 5.15. The number of carbonyl (C=O) groups is 1. The van der Waals surface area contributed by atoms with Gasteiger partial charge in [-0.25, -0.2) is 24.7 Å². The van der Waals surface area contributed by atoms with E-state index in [0.717, 1.165) is 42.2 Å². The molecule has 3 aromatic rings. The van der Waals surface area contributed by atoms with Gasteiger partial charge in [0.05, 0.1) is 17.8 Å². The van der Waals surface area contributed by atoms with Crippen molar-refractivity contribution in [3.05, 3.63) is 35.4 Å². The van der Waals surface area contributed by atoms with E-state index in [1.807, 2.05) is 0 Å². The summed E-state index contributed by atoms with van der Waals surface area (Å²) in [5.74, 6) is 0.605. The molecule has 0 atom stereocenters. The molecule has 0 amide bonds. The minimum atomic E-state index is -1.07. The molecule has 0 radical (unpaired) electrons. The fourth-order valence-electron chi connectivity index (χ4n) is 2.96. The second-order valence-electron chi connectivity index (χ2n) is 5.81. The van der Waals surface area contributed by atoms with Crippen LogP contribution < -0.4 is 9.80 Å². The van der Waals surface area contributed by atoms with Gasteiger partial charge in [0.15, 0.2) is 5.69 Å². The molecule has 0 aliphatic carbocycles. The average molecular weight is 356 g/mol. The number of anilines is 2. The largest absolute Gasteiger partial charge is 0.476 e. The van der Waals surface area contributed by atoms with Gasteiger partial charge >= 0.3 is 5.97 Å². The van der Waals surface area contributed by atoms with E-state index in [1.54, 1.807) is 17.7 Å². The Kier molecular flexibility index (Phi) is 3.92. The van der Waals surface area contributed by atoms with Crippen LogP contribution >= 0.6 is 11.3 Å². The van der Waals surface area contributed by atoms with Gasteiger partial charge in [-0.3, -0.25) is 0 Å². The van der Waals surface area contributed by atoms with Gasteiger partial charge in [0.25, 0.3) is 0 Å². The van der Waals surface area contributed by atoms with Gasteiger partial charge < -0.3 is 14.9 Å². The summed E-state index contributed by atoms with van der Waals surface area (Å²) in [6.07, 6.45) is 4.44. The number of hydrogen-bond acceptors (Lipinski definition) is 8. The molecule has 0 saturated carbocycles. The Balaban J connectivity index is 1.50. The maximum Gasteiger partial charge on any atom is 0.356 e. The SMILES string of the molecule is Cc1cc2c(N3CCN(c4cnc(C(=O)O)cn4)CC3)ncnc2s1. The lowest BCUT2D eigenvalue weighted by Gasteiger charge is -2.36. The summed E-state index contributed by atoms with van der Waals surface area (Å²) in [4.78, 5) is 34.4. The number of aromatic carboxylic acids is 1. The van der Waals surface area contributed by atoms with E-state index in [-0.39, 0.29) is 5.69 Å². The van der Waals surface area contributed by atoms with E-state index < -0.39 is 5.97 Å². The normalized spacial score (nSPS) is 14.9. The number of rotatable bonds is 3. The highest BCUT2D eigenvalue weighted by molar-refractivity contribution is 7.18. The molecule has 0 bridgehead atoms. The molecule has 1 aliphatic heterocycles. The van der Waals surface area contributed by atoms with Gasteiger partial charge in [0.1, 0.15) is 22.8 Å². The lowest BCUT2D eigenvalue weighted by atomic mass is 10.2. The van der Waals surface area contributed by atoms with Crippen LogP contribution in [0.2, 0.25) is 0 Å². The van der Waals surface area contributed by atoms with Crippen LogP contribution in [0.1, 0.15) is 15.4 Å². The Bertz CT molecular complexity index is 918. The molecule has 128 valence electrons. The van der Waals surface area contributed by atoms with Gasteiger partial charge in [-0.1, -0.05) is 0 Å². The van der Waals surface area contributed by atoms with Crippen molar-refractivity contribution in [1.82, 2.24) is 19.9 Å². The van der Waals surface area contributed by atoms with E-state index >= 15 is 0 Å². The van der Waals surface area contributed by atoms with E-state index in [2.05, 4.69) is 42.7 Å². The number of aromatic nitrogens is 4. The van der Waals surface area contributed by atoms with Gasteiger partial charge in [-0.2, -0.15) is 0 Å². The maximum absolute atomic E-state index is 10.9. The van der Waals surface area contributed by atoms with Crippen molar-refractivity contribution in [1.29, 1.82) is 0 Å². The molecule has 0 aromatic carbocycles. The first-order chi connectivity index (χ1) is 12.1. The highest BCUT2D eigenvalue weighted by Crippen LogP contribution is 2.30. The van der Waals surface area contributed by atoms with Crippen molar-refractivity contribution >= 4 is 39.2 Å². The summed E-state index contributed by atoms with van der Waals surface area (Å²) in [5, 5.41) is 10.0. The van der Waals surface area contributed by atoms with Crippen LogP contribution in [0, 0.1) is 6.92 Å². The molecular formula is C16H16N6O2S. The molecule has 9 heteroatoms. The summed E-state index contributed by atoms with van der Waals surface area (Å²) in [5.41, 5.74) is -0.0430. The zero-order chi connectivity index (χ0) is 17.4. The predicted octanol–water partition coefficient (Wildman–Crippen LogP) is 1.81. The Labute approximate surface area is 147 Å². The van der Waals surface area contributed by atoms with Crippen molar-refractivity contribution in [3.63, 3.8) is 0 Å². The van der Waals surface area contributed by atoms with Gasteiger partial charge in [0, 0.05) is 31.1 Å². The smallest absolute Gasteiger partial charge is 0.356 e. The number of piperazine rings is 1. The number of carboxylic acids is 1. The topological polar surface area (TPSA) is 95.3 Å².